The van der Waals surface area contributed by atoms with Crippen LogP contribution in [0.4, 0.5) is 0 Å². The van der Waals surface area contributed by atoms with E-state index in [0.29, 0.717) is 22.3 Å². The van der Waals surface area contributed by atoms with E-state index in [-0.39, 0.29) is 18.9 Å². The maximum Gasteiger partial charge on any atom is 0.375 e. The molecule has 1 saturated carbocycles. The molecule has 30 heavy (non-hydrogen) atoms. The van der Waals surface area contributed by atoms with Crippen LogP contribution in [0.1, 0.15) is 54.0 Å². The highest BCUT2D eigenvalue weighted by atomic mass is 32.2. The summed E-state index contributed by atoms with van der Waals surface area (Å²) in [5.41, 5.74) is 1.51. The van der Waals surface area contributed by atoms with Crippen LogP contribution >= 0.6 is 11.8 Å². The average molecular weight is 428 g/mol. The van der Waals surface area contributed by atoms with Crippen molar-refractivity contribution in [1.29, 1.82) is 0 Å². The van der Waals surface area contributed by atoms with Gasteiger partial charge >= 0.3 is 5.97 Å². The van der Waals surface area contributed by atoms with Crippen LogP contribution in [-0.4, -0.2) is 23.7 Å². The molecule has 7 heteroatoms. The van der Waals surface area contributed by atoms with E-state index < -0.39 is 11.9 Å². The molecule has 0 saturated heterocycles. The molecule has 1 aliphatic rings. The number of carbonyl (C=O) groups excluding carboxylic acids is 2. The van der Waals surface area contributed by atoms with Gasteiger partial charge in [-0.2, -0.15) is 11.8 Å². The number of hydrogen-bond acceptors (Lipinski definition) is 6. The Balaban J connectivity index is 1.40. The number of hydrogen-bond donors (Lipinski definition) is 1. The second kappa shape index (κ2) is 9.89. The first-order valence-electron chi connectivity index (χ1n) is 10.3. The molecule has 2 aromatic heterocycles. The third-order valence-corrected chi connectivity index (χ3v) is 6.67. The Hall–Kier alpha value is -2.67. The summed E-state index contributed by atoms with van der Waals surface area (Å²) in [6, 6.07) is 11.1. The number of amides is 1. The summed E-state index contributed by atoms with van der Waals surface area (Å²) in [6.45, 7) is -0.122. The molecule has 1 aromatic carbocycles. The van der Waals surface area contributed by atoms with Gasteiger partial charge in [-0.1, -0.05) is 37.5 Å². The number of furan rings is 2. The summed E-state index contributed by atoms with van der Waals surface area (Å²) in [5.74, 6) is 0.511. The Labute approximate surface area is 179 Å². The Kier molecular flexibility index (Phi) is 6.79. The number of benzene rings is 1. The third kappa shape index (κ3) is 5.08. The number of ether oxygens (including phenoxy) is 1. The van der Waals surface area contributed by atoms with Crippen molar-refractivity contribution in [3.63, 3.8) is 0 Å². The molecule has 1 aliphatic carbocycles. The van der Waals surface area contributed by atoms with Gasteiger partial charge in [0, 0.05) is 22.0 Å². The molecule has 1 fully saturated rings. The van der Waals surface area contributed by atoms with Gasteiger partial charge in [0.05, 0.1) is 12.8 Å². The number of nitrogens with one attached hydrogen (secondary N) is 1. The normalized spacial score (nSPS) is 14.7. The van der Waals surface area contributed by atoms with Crippen molar-refractivity contribution < 1.29 is 23.2 Å². The molecule has 158 valence electrons. The van der Waals surface area contributed by atoms with E-state index in [1.165, 1.54) is 38.4 Å². The minimum Gasteiger partial charge on any atom is -0.467 e. The second-order valence-corrected chi connectivity index (χ2v) is 8.70. The highest BCUT2D eigenvalue weighted by Gasteiger charge is 2.24. The Morgan fingerprint density at radius 3 is 2.73 bits per heavy atom. The maximum atomic E-state index is 12.7. The molecule has 4 rings (SSSR count). The topological polar surface area (TPSA) is 81.7 Å². The van der Waals surface area contributed by atoms with E-state index in [4.69, 9.17) is 13.6 Å². The van der Waals surface area contributed by atoms with Crippen LogP contribution in [0.2, 0.25) is 0 Å². The lowest BCUT2D eigenvalue weighted by molar-refractivity contribution is -0.124. The molecule has 0 aliphatic heterocycles. The van der Waals surface area contributed by atoms with Crippen LogP contribution in [0, 0.1) is 0 Å². The summed E-state index contributed by atoms with van der Waals surface area (Å²) in [7, 11) is 0. The van der Waals surface area contributed by atoms with Gasteiger partial charge in [0.15, 0.2) is 6.61 Å². The predicted octanol–water partition coefficient (Wildman–Crippen LogP) is 5.06. The number of carbonyl (C=O) groups is 2. The van der Waals surface area contributed by atoms with Crippen molar-refractivity contribution >= 4 is 34.6 Å². The summed E-state index contributed by atoms with van der Waals surface area (Å²) >= 11 is 1.88. The molecule has 1 amide bonds. The van der Waals surface area contributed by atoms with Gasteiger partial charge in [0.2, 0.25) is 5.76 Å². The molecular formula is C23H25NO5S. The van der Waals surface area contributed by atoms with Crippen molar-refractivity contribution in [3.8, 4) is 0 Å². The highest BCUT2D eigenvalue weighted by molar-refractivity contribution is 7.99. The zero-order valence-corrected chi connectivity index (χ0v) is 17.5. The van der Waals surface area contributed by atoms with Crippen molar-refractivity contribution in [2.75, 3.05) is 6.61 Å². The van der Waals surface area contributed by atoms with E-state index in [1.807, 2.05) is 36.0 Å². The molecular weight excluding hydrogens is 402 g/mol. The summed E-state index contributed by atoms with van der Waals surface area (Å²) < 4.78 is 16.2. The lowest BCUT2D eigenvalue weighted by Gasteiger charge is -2.20. The fourth-order valence-corrected chi connectivity index (χ4v) is 5.04. The van der Waals surface area contributed by atoms with E-state index in [0.717, 1.165) is 10.9 Å². The Morgan fingerprint density at radius 2 is 1.93 bits per heavy atom. The summed E-state index contributed by atoms with van der Waals surface area (Å²) in [5, 5.41) is 4.20. The van der Waals surface area contributed by atoms with Crippen LogP contribution in [0.25, 0.3) is 11.0 Å². The third-order valence-electron chi connectivity index (χ3n) is 5.27. The van der Waals surface area contributed by atoms with Crippen LogP contribution in [0.15, 0.2) is 51.5 Å². The molecule has 6 nitrogen and oxygen atoms in total. The Morgan fingerprint density at radius 1 is 1.10 bits per heavy atom. The number of para-hydroxylation sites is 1. The van der Waals surface area contributed by atoms with E-state index in [1.54, 1.807) is 12.1 Å². The van der Waals surface area contributed by atoms with E-state index in [2.05, 4.69) is 5.32 Å². The maximum absolute atomic E-state index is 12.7. The van der Waals surface area contributed by atoms with Gasteiger partial charge in [-0.3, -0.25) is 4.79 Å². The molecule has 3 aromatic rings. The van der Waals surface area contributed by atoms with Gasteiger partial charge in [-0.05, 0) is 31.0 Å². The lowest BCUT2D eigenvalue weighted by atomic mass is 10.0. The first-order chi connectivity index (χ1) is 14.7. The minimum atomic E-state index is -0.612. The second-order valence-electron chi connectivity index (χ2n) is 7.41. The lowest BCUT2D eigenvalue weighted by Crippen LogP contribution is -2.28. The minimum absolute atomic E-state index is 0.193. The van der Waals surface area contributed by atoms with Gasteiger partial charge in [-0.25, -0.2) is 4.79 Å². The molecule has 0 bridgehead atoms. The number of esters is 1. The molecule has 2 heterocycles. The summed E-state index contributed by atoms with van der Waals surface area (Å²) in [6.07, 6.45) is 7.82. The quantitative estimate of drug-likeness (QED) is 0.506. The fourth-order valence-electron chi connectivity index (χ4n) is 3.69. The number of rotatable bonds is 8. The fraction of sp³-hybridized carbons (Fsp3) is 0.391. The molecule has 0 radical (unpaired) electrons. The highest BCUT2D eigenvalue weighted by Crippen LogP contribution is 2.35. The van der Waals surface area contributed by atoms with Crippen molar-refractivity contribution in [2.24, 2.45) is 0 Å². The van der Waals surface area contributed by atoms with Gasteiger partial charge in [0.25, 0.3) is 5.91 Å². The molecule has 1 N–H and O–H groups in total. The van der Waals surface area contributed by atoms with Crippen LogP contribution in [0.5, 0.6) is 0 Å². The molecule has 0 spiro atoms. The van der Waals surface area contributed by atoms with Crippen molar-refractivity contribution in [1.82, 2.24) is 5.32 Å². The van der Waals surface area contributed by atoms with Crippen molar-refractivity contribution in [3.05, 3.63) is 59.7 Å². The van der Waals surface area contributed by atoms with Crippen LogP contribution in [0.3, 0.4) is 0 Å². The Bertz CT molecular complexity index is 988. The number of fused-ring (bicyclic) bond motifs is 1. The smallest absolute Gasteiger partial charge is 0.375 e. The first-order valence-corrected chi connectivity index (χ1v) is 11.3. The van der Waals surface area contributed by atoms with Crippen LogP contribution < -0.4 is 5.32 Å². The van der Waals surface area contributed by atoms with Gasteiger partial charge in [-0.15, -0.1) is 0 Å². The monoisotopic (exact) mass is 427 g/mol. The molecule has 0 unspecified atom stereocenters. The zero-order chi connectivity index (χ0) is 20.8. The zero-order valence-electron chi connectivity index (χ0n) is 16.7. The first kappa shape index (κ1) is 20.6. The van der Waals surface area contributed by atoms with E-state index >= 15 is 0 Å². The van der Waals surface area contributed by atoms with Gasteiger partial charge in [0.1, 0.15) is 11.3 Å². The largest absolute Gasteiger partial charge is 0.467 e. The van der Waals surface area contributed by atoms with Crippen molar-refractivity contribution in [2.45, 2.75) is 49.7 Å². The summed E-state index contributed by atoms with van der Waals surface area (Å²) in [4.78, 5) is 24.7. The SMILES string of the molecule is O=C(COC(=O)c1oc2ccccc2c1CSC1CCCCC1)NCc1ccco1. The average Bonchev–Trinajstić information content (AvgIpc) is 3.43. The predicted molar refractivity (Wildman–Crippen MR) is 115 cm³/mol. The number of thioether (sulfide) groups is 1. The molecule has 0 atom stereocenters. The van der Waals surface area contributed by atoms with E-state index in [9.17, 15) is 9.59 Å². The van der Waals surface area contributed by atoms with Crippen LogP contribution in [-0.2, 0) is 21.8 Å². The van der Waals surface area contributed by atoms with Gasteiger partial charge < -0.3 is 18.9 Å². The standard InChI is InChI=1S/C23H25NO5S/c25-21(24-13-16-7-6-12-27-16)14-28-23(26)22-19(15-30-17-8-2-1-3-9-17)18-10-4-5-11-20(18)29-22/h4-7,10-12,17H,1-3,8-9,13-15H2,(H,24,25).